The van der Waals surface area contributed by atoms with Gasteiger partial charge in [0, 0.05) is 18.3 Å². The predicted molar refractivity (Wildman–Crippen MR) is 83.6 cm³/mol. The topological polar surface area (TPSA) is 75.7 Å². The van der Waals surface area contributed by atoms with Gasteiger partial charge in [-0.25, -0.2) is 4.98 Å². The summed E-state index contributed by atoms with van der Waals surface area (Å²) in [4.78, 5) is 9.02. The molecule has 0 radical (unpaired) electrons. The van der Waals surface area contributed by atoms with Crippen LogP contribution in [0.5, 0.6) is 0 Å². The van der Waals surface area contributed by atoms with Crippen LogP contribution < -0.4 is 5.32 Å². The summed E-state index contributed by atoms with van der Waals surface area (Å²) in [6, 6.07) is 4.51. The number of nitrogens with zero attached hydrogens (tertiary/aromatic N) is 3. The SMILES string of the molecule is CCC(N[C@@H]1COC[C@@H]1c1n[nH]c(C)n1)c1ncccc1C. The molecule has 1 unspecified atom stereocenters. The van der Waals surface area contributed by atoms with Gasteiger partial charge in [-0.1, -0.05) is 13.0 Å². The lowest BCUT2D eigenvalue weighted by Crippen LogP contribution is -2.38. The second-order valence-electron chi connectivity index (χ2n) is 5.86. The monoisotopic (exact) mass is 301 g/mol. The number of hydrogen-bond acceptors (Lipinski definition) is 5. The maximum atomic E-state index is 5.67. The molecular formula is C16H23N5O. The molecule has 0 saturated carbocycles. The van der Waals surface area contributed by atoms with E-state index in [1.165, 1.54) is 5.56 Å². The van der Waals surface area contributed by atoms with Crippen molar-refractivity contribution in [1.29, 1.82) is 0 Å². The minimum Gasteiger partial charge on any atom is -0.379 e. The van der Waals surface area contributed by atoms with Gasteiger partial charge in [0.15, 0.2) is 5.82 Å². The van der Waals surface area contributed by atoms with E-state index in [9.17, 15) is 0 Å². The zero-order valence-corrected chi connectivity index (χ0v) is 13.3. The Morgan fingerprint density at radius 1 is 1.41 bits per heavy atom. The largest absolute Gasteiger partial charge is 0.379 e. The van der Waals surface area contributed by atoms with E-state index < -0.39 is 0 Å². The van der Waals surface area contributed by atoms with Crippen LogP contribution in [0.4, 0.5) is 0 Å². The van der Waals surface area contributed by atoms with Crippen LogP contribution in [0.3, 0.4) is 0 Å². The minimum atomic E-state index is 0.183. The van der Waals surface area contributed by atoms with Crippen molar-refractivity contribution >= 4 is 0 Å². The molecule has 0 bridgehead atoms. The molecule has 2 aromatic rings. The Balaban J connectivity index is 1.77. The first-order valence-corrected chi connectivity index (χ1v) is 7.83. The minimum absolute atomic E-state index is 0.183. The average molecular weight is 301 g/mol. The first-order valence-electron chi connectivity index (χ1n) is 7.83. The molecule has 0 amide bonds. The lowest BCUT2D eigenvalue weighted by atomic mass is 9.99. The second-order valence-corrected chi connectivity index (χ2v) is 5.86. The first kappa shape index (κ1) is 15.1. The third-order valence-electron chi connectivity index (χ3n) is 4.23. The first-order chi connectivity index (χ1) is 10.7. The number of ether oxygens (including phenoxy) is 1. The molecule has 0 aromatic carbocycles. The van der Waals surface area contributed by atoms with Crippen molar-refractivity contribution in [3.05, 3.63) is 41.2 Å². The van der Waals surface area contributed by atoms with Gasteiger partial charge in [-0.3, -0.25) is 10.1 Å². The summed E-state index contributed by atoms with van der Waals surface area (Å²) < 4.78 is 5.67. The Bertz CT molecular complexity index is 627. The van der Waals surface area contributed by atoms with Crippen LogP contribution >= 0.6 is 0 Å². The van der Waals surface area contributed by atoms with Gasteiger partial charge in [0.2, 0.25) is 0 Å². The van der Waals surface area contributed by atoms with Gasteiger partial charge in [0.1, 0.15) is 5.82 Å². The Morgan fingerprint density at radius 3 is 2.95 bits per heavy atom. The number of hydrogen-bond donors (Lipinski definition) is 2. The summed E-state index contributed by atoms with van der Waals surface area (Å²) in [5.41, 5.74) is 2.33. The summed E-state index contributed by atoms with van der Waals surface area (Å²) in [6.07, 6.45) is 2.84. The van der Waals surface area contributed by atoms with E-state index in [4.69, 9.17) is 4.74 Å². The maximum Gasteiger partial charge on any atom is 0.157 e. The van der Waals surface area contributed by atoms with E-state index in [1.54, 1.807) is 0 Å². The number of aromatic amines is 1. The molecule has 0 aliphatic carbocycles. The Morgan fingerprint density at radius 2 is 2.27 bits per heavy atom. The Labute approximate surface area is 130 Å². The van der Waals surface area contributed by atoms with Crippen LogP contribution in [0.1, 0.15) is 48.2 Å². The maximum absolute atomic E-state index is 5.67. The molecule has 1 aliphatic rings. The van der Waals surface area contributed by atoms with Crippen LogP contribution in [0, 0.1) is 13.8 Å². The number of rotatable bonds is 5. The number of aromatic nitrogens is 4. The predicted octanol–water partition coefficient (Wildman–Crippen LogP) is 2.04. The van der Waals surface area contributed by atoms with Gasteiger partial charge in [0.05, 0.1) is 24.8 Å². The molecule has 0 spiro atoms. The van der Waals surface area contributed by atoms with Gasteiger partial charge in [0.25, 0.3) is 0 Å². The van der Waals surface area contributed by atoms with Crippen molar-refractivity contribution in [3.8, 4) is 0 Å². The highest BCUT2D eigenvalue weighted by Gasteiger charge is 2.34. The van der Waals surface area contributed by atoms with Crippen LogP contribution in [0.25, 0.3) is 0 Å². The molecule has 1 fully saturated rings. The van der Waals surface area contributed by atoms with Crippen molar-refractivity contribution in [1.82, 2.24) is 25.5 Å². The van der Waals surface area contributed by atoms with E-state index in [0.29, 0.717) is 13.2 Å². The van der Waals surface area contributed by atoms with Crippen molar-refractivity contribution in [2.75, 3.05) is 13.2 Å². The third kappa shape index (κ3) is 3.03. The Hall–Kier alpha value is -1.79. The van der Waals surface area contributed by atoms with Crippen LogP contribution in [0.15, 0.2) is 18.3 Å². The lowest BCUT2D eigenvalue weighted by molar-refractivity contribution is 0.185. The molecule has 1 aliphatic heterocycles. The number of aryl methyl sites for hydroxylation is 2. The number of pyridine rings is 1. The van der Waals surface area contributed by atoms with Crippen LogP contribution in [-0.4, -0.2) is 39.4 Å². The van der Waals surface area contributed by atoms with E-state index in [1.807, 2.05) is 19.2 Å². The van der Waals surface area contributed by atoms with Gasteiger partial charge in [-0.2, -0.15) is 5.10 Å². The van der Waals surface area contributed by atoms with Crippen molar-refractivity contribution in [2.24, 2.45) is 0 Å². The molecule has 1 saturated heterocycles. The van der Waals surface area contributed by atoms with E-state index in [-0.39, 0.29) is 18.0 Å². The van der Waals surface area contributed by atoms with E-state index in [0.717, 1.165) is 23.8 Å². The fourth-order valence-corrected chi connectivity index (χ4v) is 3.01. The highest BCUT2D eigenvalue weighted by molar-refractivity contribution is 5.21. The summed E-state index contributed by atoms with van der Waals surface area (Å²) >= 11 is 0. The fourth-order valence-electron chi connectivity index (χ4n) is 3.01. The molecule has 3 atom stereocenters. The highest BCUT2D eigenvalue weighted by Crippen LogP contribution is 2.27. The zero-order valence-electron chi connectivity index (χ0n) is 13.3. The highest BCUT2D eigenvalue weighted by atomic mass is 16.5. The molecule has 3 rings (SSSR count). The van der Waals surface area contributed by atoms with Crippen molar-refractivity contribution < 1.29 is 4.74 Å². The normalized spacial score (nSPS) is 22.9. The third-order valence-corrected chi connectivity index (χ3v) is 4.23. The van der Waals surface area contributed by atoms with E-state index >= 15 is 0 Å². The molecule has 2 N–H and O–H groups in total. The molecule has 6 nitrogen and oxygen atoms in total. The molecule has 6 heteroatoms. The molecule has 22 heavy (non-hydrogen) atoms. The number of nitrogens with one attached hydrogen (secondary N) is 2. The van der Waals surface area contributed by atoms with Gasteiger partial charge >= 0.3 is 0 Å². The molecule has 3 heterocycles. The zero-order chi connectivity index (χ0) is 15.5. The molecule has 2 aromatic heterocycles. The van der Waals surface area contributed by atoms with Crippen molar-refractivity contribution in [3.63, 3.8) is 0 Å². The standard InChI is InChI=1S/C16H23N5O/c1-4-13(15-10(2)6-5-7-17-15)19-14-9-22-8-12(14)16-18-11(3)20-21-16/h5-7,12-14,19H,4,8-9H2,1-3H3,(H,18,20,21)/t12-,13?,14+/m0/s1. The smallest absolute Gasteiger partial charge is 0.157 e. The van der Waals surface area contributed by atoms with Crippen LogP contribution in [-0.2, 0) is 4.74 Å². The second kappa shape index (κ2) is 6.54. The Kier molecular flexibility index (Phi) is 4.49. The molecule has 118 valence electrons. The average Bonchev–Trinajstić information content (AvgIpc) is 3.14. The van der Waals surface area contributed by atoms with Crippen LogP contribution in [0.2, 0.25) is 0 Å². The van der Waals surface area contributed by atoms with Crippen molar-refractivity contribution in [2.45, 2.75) is 45.2 Å². The number of H-pyrrole nitrogens is 1. The molecular weight excluding hydrogens is 278 g/mol. The van der Waals surface area contributed by atoms with E-state index in [2.05, 4.69) is 45.4 Å². The van der Waals surface area contributed by atoms with Gasteiger partial charge in [-0.15, -0.1) is 0 Å². The quantitative estimate of drug-likeness (QED) is 0.884. The summed E-state index contributed by atoms with van der Waals surface area (Å²) in [5, 5.41) is 10.9. The lowest BCUT2D eigenvalue weighted by Gasteiger charge is -2.24. The summed E-state index contributed by atoms with van der Waals surface area (Å²) in [7, 11) is 0. The van der Waals surface area contributed by atoms with Gasteiger partial charge < -0.3 is 10.1 Å². The fraction of sp³-hybridized carbons (Fsp3) is 0.562. The summed E-state index contributed by atoms with van der Waals surface area (Å²) in [6.45, 7) is 7.54. The summed E-state index contributed by atoms with van der Waals surface area (Å²) in [5.74, 6) is 1.86. The van der Waals surface area contributed by atoms with Gasteiger partial charge in [-0.05, 0) is 31.9 Å².